The van der Waals surface area contributed by atoms with E-state index in [1.165, 1.54) is 0 Å². The summed E-state index contributed by atoms with van der Waals surface area (Å²) in [7, 11) is 0. The molecule has 1 aromatic rings. The van der Waals surface area contributed by atoms with Crippen LogP contribution in [0.5, 0.6) is 5.88 Å². The van der Waals surface area contributed by atoms with Crippen LogP contribution in [-0.2, 0) is 0 Å². The Kier molecular flexibility index (Phi) is 2.74. The summed E-state index contributed by atoms with van der Waals surface area (Å²) in [6.45, 7) is 2.63. The zero-order valence-electron chi connectivity index (χ0n) is 7.08. The first-order valence-electron chi connectivity index (χ1n) is 3.89. The van der Waals surface area contributed by atoms with Crippen LogP contribution in [0.2, 0.25) is 0 Å². The van der Waals surface area contributed by atoms with Gasteiger partial charge in [-0.05, 0) is 18.6 Å². The van der Waals surface area contributed by atoms with Crippen LogP contribution in [0.3, 0.4) is 0 Å². The number of pyridine rings is 1. The van der Waals surface area contributed by atoms with Gasteiger partial charge in [0.2, 0.25) is 5.88 Å². The third-order valence-electron chi connectivity index (χ3n) is 1.35. The van der Waals surface area contributed by atoms with Gasteiger partial charge >= 0.3 is 0 Å². The summed E-state index contributed by atoms with van der Waals surface area (Å²) in [5, 5.41) is 0. The van der Waals surface area contributed by atoms with Gasteiger partial charge in [0, 0.05) is 0 Å². The number of nitrogens with two attached hydrogens (primary N) is 2. The highest BCUT2D eigenvalue weighted by Crippen LogP contribution is 2.19. The van der Waals surface area contributed by atoms with Crippen molar-refractivity contribution in [2.24, 2.45) is 0 Å². The Morgan fingerprint density at radius 3 is 2.83 bits per heavy atom. The van der Waals surface area contributed by atoms with Gasteiger partial charge in [0.05, 0.1) is 12.3 Å². The number of ether oxygens (including phenoxy) is 1. The molecule has 0 fully saturated rings. The normalized spacial score (nSPS) is 9.75. The minimum atomic E-state index is 0.426. The van der Waals surface area contributed by atoms with E-state index < -0.39 is 0 Å². The van der Waals surface area contributed by atoms with Crippen molar-refractivity contribution in [1.29, 1.82) is 0 Å². The Morgan fingerprint density at radius 2 is 2.17 bits per heavy atom. The second kappa shape index (κ2) is 3.80. The lowest BCUT2D eigenvalue weighted by Gasteiger charge is -2.06. The molecule has 0 aliphatic rings. The van der Waals surface area contributed by atoms with E-state index in [0.29, 0.717) is 24.0 Å². The first kappa shape index (κ1) is 8.64. The smallest absolute Gasteiger partial charge is 0.239 e. The molecule has 0 saturated carbocycles. The number of nitrogen functional groups attached to an aromatic ring is 2. The van der Waals surface area contributed by atoms with Crippen LogP contribution in [0.4, 0.5) is 11.5 Å². The molecule has 1 aromatic heterocycles. The van der Waals surface area contributed by atoms with Crippen LogP contribution >= 0.6 is 0 Å². The Hall–Kier alpha value is -1.45. The summed E-state index contributed by atoms with van der Waals surface area (Å²) in [5.41, 5.74) is 11.6. The van der Waals surface area contributed by atoms with Gasteiger partial charge in [0.15, 0.2) is 0 Å². The van der Waals surface area contributed by atoms with Gasteiger partial charge in [-0.15, -0.1) is 0 Å². The molecule has 0 aromatic carbocycles. The number of rotatable bonds is 3. The van der Waals surface area contributed by atoms with E-state index in [0.717, 1.165) is 6.42 Å². The molecule has 0 atom stereocenters. The predicted octanol–water partition coefficient (Wildman–Crippen LogP) is 1.03. The molecule has 1 heterocycles. The van der Waals surface area contributed by atoms with Crippen LogP contribution in [0.15, 0.2) is 12.1 Å². The van der Waals surface area contributed by atoms with Crippen LogP contribution in [0.1, 0.15) is 13.3 Å². The monoisotopic (exact) mass is 167 g/mol. The largest absolute Gasteiger partial charge is 0.476 e. The van der Waals surface area contributed by atoms with Gasteiger partial charge < -0.3 is 16.2 Å². The van der Waals surface area contributed by atoms with Gasteiger partial charge in [-0.1, -0.05) is 6.92 Å². The predicted molar refractivity (Wildman–Crippen MR) is 48.8 cm³/mol. The molecule has 4 heteroatoms. The Bertz CT molecular complexity index is 262. The van der Waals surface area contributed by atoms with E-state index in [9.17, 15) is 0 Å². The van der Waals surface area contributed by atoms with Crippen molar-refractivity contribution in [1.82, 2.24) is 4.98 Å². The van der Waals surface area contributed by atoms with Gasteiger partial charge in [-0.25, -0.2) is 0 Å². The third kappa shape index (κ3) is 2.02. The summed E-state index contributed by atoms with van der Waals surface area (Å²) in [4.78, 5) is 3.94. The second-order valence-corrected chi connectivity index (χ2v) is 2.48. The third-order valence-corrected chi connectivity index (χ3v) is 1.35. The molecule has 4 N–H and O–H groups in total. The number of nitrogens with zero attached hydrogens (tertiary/aromatic N) is 1. The van der Waals surface area contributed by atoms with Gasteiger partial charge in [-0.3, -0.25) is 0 Å². The highest BCUT2D eigenvalue weighted by molar-refractivity contribution is 5.52. The van der Waals surface area contributed by atoms with Crippen LogP contribution in [-0.4, -0.2) is 11.6 Å². The summed E-state index contributed by atoms with van der Waals surface area (Å²) in [6.07, 6.45) is 0.927. The summed E-state index contributed by atoms with van der Waals surface area (Å²) >= 11 is 0. The lowest BCUT2D eigenvalue weighted by atomic mass is 10.4. The lowest BCUT2D eigenvalue weighted by molar-refractivity contribution is 0.307. The molecule has 0 aliphatic carbocycles. The zero-order chi connectivity index (χ0) is 8.97. The maximum atomic E-state index is 5.59. The van der Waals surface area contributed by atoms with E-state index in [1.807, 2.05) is 6.92 Å². The average molecular weight is 167 g/mol. The van der Waals surface area contributed by atoms with E-state index in [-0.39, 0.29) is 0 Å². The molecule has 0 radical (unpaired) electrons. The Balaban J connectivity index is 2.75. The summed E-state index contributed by atoms with van der Waals surface area (Å²) < 4.78 is 5.25. The first-order valence-corrected chi connectivity index (χ1v) is 3.89. The molecule has 0 amide bonds. The van der Waals surface area contributed by atoms with E-state index in [4.69, 9.17) is 16.2 Å². The quantitative estimate of drug-likeness (QED) is 0.705. The zero-order valence-corrected chi connectivity index (χ0v) is 7.08. The number of hydrogen-bond acceptors (Lipinski definition) is 4. The highest BCUT2D eigenvalue weighted by Gasteiger charge is 2.00. The standard InChI is InChI=1S/C8H13N3O/c1-2-5-12-8-6(9)3-4-7(10)11-8/h3-4H,2,5,9H2,1H3,(H2,10,11). The molecule has 12 heavy (non-hydrogen) atoms. The van der Waals surface area contributed by atoms with E-state index in [2.05, 4.69) is 4.98 Å². The summed E-state index contributed by atoms with van der Waals surface area (Å²) in [5.74, 6) is 0.854. The maximum Gasteiger partial charge on any atom is 0.239 e. The van der Waals surface area contributed by atoms with E-state index >= 15 is 0 Å². The van der Waals surface area contributed by atoms with Crippen LogP contribution in [0, 0.1) is 0 Å². The molecule has 0 bridgehead atoms. The van der Waals surface area contributed by atoms with E-state index in [1.54, 1.807) is 12.1 Å². The van der Waals surface area contributed by atoms with Crippen molar-refractivity contribution in [3.05, 3.63) is 12.1 Å². The molecule has 0 aliphatic heterocycles. The SMILES string of the molecule is CCCOc1nc(N)ccc1N. The second-order valence-electron chi connectivity index (χ2n) is 2.48. The summed E-state index contributed by atoms with van der Waals surface area (Å²) in [6, 6.07) is 3.33. The van der Waals surface area contributed by atoms with Crippen molar-refractivity contribution in [2.45, 2.75) is 13.3 Å². The van der Waals surface area contributed by atoms with Crippen LogP contribution < -0.4 is 16.2 Å². The van der Waals surface area contributed by atoms with Crippen molar-refractivity contribution < 1.29 is 4.74 Å². The molecular weight excluding hydrogens is 154 g/mol. The molecule has 0 saturated heterocycles. The molecular formula is C8H13N3O. The highest BCUT2D eigenvalue weighted by atomic mass is 16.5. The fourth-order valence-electron chi connectivity index (χ4n) is 0.780. The Labute approximate surface area is 71.5 Å². The van der Waals surface area contributed by atoms with Gasteiger partial charge in [0.25, 0.3) is 0 Å². The fraction of sp³-hybridized carbons (Fsp3) is 0.375. The minimum absolute atomic E-state index is 0.426. The van der Waals surface area contributed by atoms with Crippen molar-refractivity contribution in [3.8, 4) is 5.88 Å². The number of aromatic nitrogens is 1. The molecule has 0 unspecified atom stereocenters. The number of anilines is 2. The fourth-order valence-corrected chi connectivity index (χ4v) is 0.780. The Morgan fingerprint density at radius 1 is 1.42 bits per heavy atom. The van der Waals surface area contributed by atoms with Crippen molar-refractivity contribution >= 4 is 11.5 Å². The molecule has 4 nitrogen and oxygen atoms in total. The van der Waals surface area contributed by atoms with Crippen LogP contribution in [0.25, 0.3) is 0 Å². The first-order chi connectivity index (χ1) is 5.74. The topological polar surface area (TPSA) is 74.2 Å². The maximum absolute atomic E-state index is 5.59. The van der Waals surface area contributed by atoms with Crippen molar-refractivity contribution in [2.75, 3.05) is 18.1 Å². The van der Waals surface area contributed by atoms with Gasteiger partial charge in [0.1, 0.15) is 5.82 Å². The molecule has 1 rings (SSSR count). The average Bonchev–Trinajstić information content (AvgIpc) is 2.07. The minimum Gasteiger partial charge on any atom is -0.476 e. The number of hydrogen-bond donors (Lipinski definition) is 2. The molecule has 66 valence electrons. The van der Waals surface area contributed by atoms with Gasteiger partial charge in [-0.2, -0.15) is 4.98 Å². The van der Waals surface area contributed by atoms with Crippen molar-refractivity contribution in [3.63, 3.8) is 0 Å². The molecule has 0 spiro atoms. The lowest BCUT2D eigenvalue weighted by Crippen LogP contribution is -2.02.